The van der Waals surface area contributed by atoms with Crippen molar-refractivity contribution in [2.45, 2.75) is 5.54 Å². The van der Waals surface area contributed by atoms with Crippen LogP contribution in [-0.4, -0.2) is 29.2 Å². The third kappa shape index (κ3) is 2.87. The van der Waals surface area contributed by atoms with Crippen LogP contribution in [-0.2, 0) is 10.3 Å². The molecule has 0 bridgehead atoms. The summed E-state index contributed by atoms with van der Waals surface area (Å²) in [6.45, 7) is -0.309. The van der Waals surface area contributed by atoms with E-state index in [1.54, 1.807) is 54.6 Å². The summed E-state index contributed by atoms with van der Waals surface area (Å²) in [5, 5.41) is 2.84. The molecule has 138 valence electrons. The Kier molecular flexibility index (Phi) is 4.49. The molecule has 0 aromatic heterocycles. The molecular weight excluding hydrogens is 352 g/mol. The number of hydrogen-bond acceptors (Lipinski definition) is 3. The highest BCUT2D eigenvalue weighted by atomic mass is 16.2. The van der Waals surface area contributed by atoms with Gasteiger partial charge in [-0.25, -0.2) is 4.79 Å². The van der Waals surface area contributed by atoms with E-state index in [4.69, 9.17) is 0 Å². The zero-order valence-electron chi connectivity index (χ0n) is 15.0. The Morgan fingerprint density at radius 3 is 1.71 bits per heavy atom. The van der Waals surface area contributed by atoms with Crippen LogP contribution in [0.2, 0.25) is 0 Å². The van der Waals surface area contributed by atoms with E-state index < -0.39 is 17.5 Å². The average Bonchev–Trinajstić information content (AvgIpc) is 3.01. The Morgan fingerprint density at radius 1 is 0.750 bits per heavy atom. The van der Waals surface area contributed by atoms with Crippen molar-refractivity contribution in [3.63, 3.8) is 0 Å². The Labute approximate surface area is 162 Å². The van der Waals surface area contributed by atoms with Crippen molar-refractivity contribution in [1.82, 2.24) is 10.2 Å². The highest BCUT2D eigenvalue weighted by molar-refractivity contribution is 6.13. The lowest BCUT2D eigenvalue weighted by Gasteiger charge is -2.28. The molecule has 0 atom stereocenters. The Morgan fingerprint density at radius 2 is 1.21 bits per heavy atom. The number of Topliss-reactive ketones (excluding diaryl/α,β-unsaturated/α-hetero) is 1. The third-order valence-electron chi connectivity index (χ3n) is 4.92. The molecule has 5 heteroatoms. The van der Waals surface area contributed by atoms with Crippen molar-refractivity contribution in [3.05, 3.63) is 108 Å². The van der Waals surface area contributed by atoms with Crippen LogP contribution in [0.25, 0.3) is 0 Å². The molecule has 1 saturated heterocycles. The standard InChI is InChI=1S/C23H18N2O3/c26-20(17-10-4-1-5-11-17)16-25-21(27)23(24-22(25)28,18-12-6-2-7-13-18)19-14-8-3-9-15-19/h1-15H,16H2,(H,24,28). The molecule has 1 heterocycles. The summed E-state index contributed by atoms with van der Waals surface area (Å²) in [7, 11) is 0. The monoisotopic (exact) mass is 370 g/mol. The molecule has 5 nitrogen and oxygen atoms in total. The third-order valence-corrected chi connectivity index (χ3v) is 4.92. The van der Waals surface area contributed by atoms with Gasteiger partial charge in [0.05, 0.1) is 6.54 Å². The molecule has 3 amide bonds. The SMILES string of the molecule is O=C(CN1C(=O)NC(c2ccccc2)(c2ccccc2)C1=O)c1ccccc1. The van der Waals surface area contributed by atoms with Gasteiger partial charge in [-0.2, -0.15) is 0 Å². The second-order valence-electron chi connectivity index (χ2n) is 6.59. The van der Waals surface area contributed by atoms with Crippen LogP contribution >= 0.6 is 0 Å². The fraction of sp³-hybridized carbons (Fsp3) is 0.0870. The molecule has 0 aliphatic carbocycles. The number of hydrogen-bond donors (Lipinski definition) is 1. The van der Waals surface area contributed by atoms with Gasteiger partial charge in [-0.15, -0.1) is 0 Å². The Hall–Kier alpha value is -3.73. The first-order chi connectivity index (χ1) is 13.6. The van der Waals surface area contributed by atoms with Gasteiger partial charge in [-0.1, -0.05) is 91.0 Å². The predicted molar refractivity (Wildman–Crippen MR) is 105 cm³/mol. The van der Waals surface area contributed by atoms with E-state index >= 15 is 0 Å². The quantitative estimate of drug-likeness (QED) is 0.553. The van der Waals surface area contributed by atoms with Crippen LogP contribution in [0.1, 0.15) is 21.5 Å². The maximum atomic E-state index is 13.5. The number of ketones is 1. The molecule has 1 fully saturated rings. The van der Waals surface area contributed by atoms with Crippen molar-refractivity contribution < 1.29 is 14.4 Å². The van der Waals surface area contributed by atoms with Gasteiger partial charge in [0.25, 0.3) is 5.91 Å². The predicted octanol–water partition coefficient (Wildman–Crippen LogP) is 3.36. The van der Waals surface area contributed by atoms with Gasteiger partial charge in [-0.05, 0) is 11.1 Å². The zero-order chi connectivity index (χ0) is 19.6. The summed E-state index contributed by atoms with van der Waals surface area (Å²) in [6, 6.07) is 26.2. The van der Waals surface area contributed by atoms with E-state index in [1.807, 2.05) is 36.4 Å². The summed E-state index contributed by atoms with van der Waals surface area (Å²) in [4.78, 5) is 39.8. The Bertz CT molecular complexity index is 978. The topological polar surface area (TPSA) is 66.5 Å². The summed E-state index contributed by atoms with van der Waals surface area (Å²) >= 11 is 0. The largest absolute Gasteiger partial charge is 0.325 e. The van der Waals surface area contributed by atoms with E-state index in [0.717, 1.165) is 4.90 Å². The van der Waals surface area contributed by atoms with Crippen molar-refractivity contribution in [1.29, 1.82) is 0 Å². The lowest BCUT2D eigenvalue weighted by atomic mass is 9.82. The van der Waals surface area contributed by atoms with Crippen molar-refractivity contribution >= 4 is 17.7 Å². The fourth-order valence-electron chi connectivity index (χ4n) is 3.51. The molecule has 0 radical (unpaired) electrons. The molecule has 3 aromatic carbocycles. The molecule has 1 aliphatic heterocycles. The summed E-state index contributed by atoms with van der Waals surface area (Å²) in [6.07, 6.45) is 0. The second-order valence-corrected chi connectivity index (χ2v) is 6.59. The van der Waals surface area contributed by atoms with Gasteiger partial charge in [-0.3, -0.25) is 14.5 Å². The molecule has 28 heavy (non-hydrogen) atoms. The summed E-state index contributed by atoms with van der Waals surface area (Å²) in [5.41, 5.74) is 0.403. The molecule has 1 N–H and O–H groups in total. The molecule has 0 saturated carbocycles. The maximum absolute atomic E-state index is 13.5. The summed E-state index contributed by atoms with van der Waals surface area (Å²) < 4.78 is 0. The lowest BCUT2D eigenvalue weighted by molar-refractivity contribution is -0.129. The normalized spacial score (nSPS) is 15.4. The maximum Gasteiger partial charge on any atom is 0.325 e. The van der Waals surface area contributed by atoms with Crippen LogP contribution < -0.4 is 5.32 Å². The van der Waals surface area contributed by atoms with Crippen molar-refractivity contribution in [3.8, 4) is 0 Å². The first kappa shape index (κ1) is 17.7. The number of rotatable bonds is 5. The van der Waals surface area contributed by atoms with Gasteiger partial charge in [0, 0.05) is 5.56 Å². The van der Waals surface area contributed by atoms with Gasteiger partial charge >= 0.3 is 6.03 Å². The number of imide groups is 1. The minimum atomic E-state index is -1.35. The van der Waals surface area contributed by atoms with Crippen LogP contribution in [0.4, 0.5) is 4.79 Å². The number of amides is 3. The van der Waals surface area contributed by atoms with E-state index in [9.17, 15) is 14.4 Å². The Balaban J connectivity index is 1.74. The van der Waals surface area contributed by atoms with Crippen LogP contribution in [0, 0.1) is 0 Å². The van der Waals surface area contributed by atoms with E-state index in [1.165, 1.54) is 0 Å². The minimum Gasteiger partial charge on any atom is -0.315 e. The van der Waals surface area contributed by atoms with Crippen LogP contribution in [0.15, 0.2) is 91.0 Å². The number of nitrogens with one attached hydrogen (secondary N) is 1. The molecular formula is C23H18N2O3. The van der Waals surface area contributed by atoms with Crippen molar-refractivity contribution in [2.75, 3.05) is 6.54 Å². The number of carbonyl (C=O) groups excluding carboxylic acids is 3. The van der Waals surface area contributed by atoms with Crippen LogP contribution in [0.3, 0.4) is 0 Å². The molecule has 1 aliphatic rings. The molecule has 0 spiro atoms. The summed E-state index contributed by atoms with van der Waals surface area (Å²) in [5.74, 6) is -0.750. The van der Waals surface area contributed by atoms with Gasteiger partial charge in [0.1, 0.15) is 0 Å². The van der Waals surface area contributed by atoms with Crippen LogP contribution in [0.5, 0.6) is 0 Å². The first-order valence-corrected chi connectivity index (χ1v) is 8.96. The number of carbonyl (C=O) groups is 3. The van der Waals surface area contributed by atoms with Gasteiger partial charge in [0.15, 0.2) is 11.3 Å². The molecule has 0 unspecified atom stereocenters. The molecule has 4 rings (SSSR count). The van der Waals surface area contributed by atoms with Gasteiger partial charge < -0.3 is 5.32 Å². The average molecular weight is 370 g/mol. The van der Waals surface area contributed by atoms with E-state index in [0.29, 0.717) is 16.7 Å². The number of urea groups is 1. The van der Waals surface area contributed by atoms with Crippen molar-refractivity contribution in [2.24, 2.45) is 0 Å². The van der Waals surface area contributed by atoms with E-state index in [2.05, 4.69) is 5.32 Å². The highest BCUT2D eigenvalue weighted by Gasteiger charge is 2.53. The zero-order valence-corrected chi connectivity index (χ0v) is 15.0. The first-order valence-electron chi connectivity index (χ1n) is 8.96. The minimum absolute atomic E-state index is 0.291. The second kappa shape index (κ2) is 7.12. The number of benzene rings is 3. The smallest absolute Gasteiger partial charge is 0.315 e. The fourth-order valence-corrected chi connectivity index (χ4v) is 3.51. The highest BCUT2D eigenvalue weighted by Crippen LogP contribution is 2.35. The van der Waals surface area contributed by atoms with E-state index in [-0.39, 0.29) is 12.3 Å². The van der Waals surface area contributed by atoms with Gasteiger partial charge in [0.2, 0.25) is 0 Å². The molecule has 3 aromatic rings. The lowest BCUT2D eigenvalue weighted by Crippen LogP contribution is -2.45. The number of nitrogens with zero attached hydrogens (tertiary/aromatic N) is 1.